The summed E-state index contributed by atoms with van der Waals surface area (Å²) in [6.07, 6.45) is -0.504. The number of amides is 1. The fraction of sp³-hybridized carbons (Fsp3) is 0.588. The van der Waals surface area contributed by atoms with Crippen molar-refractivity contribution < 1.29 is 18.7 Å². The summed E-state index contributed by atoms with van der Waals surface area (Å²) >= 11 is 0. The largest absolute Gasteiger partial charge is 0.388 e. The van der Waals surface area contributed by atoms with Gasteiger partial charge in [0.15, 0.2) is 0 Å². The molecule has 23 heavy (non-hydrogen) atoms. The minimum absolute atomic E-state index is 0.0632. The van der Waals surface area contributed by atoms with Crippen molar-refractivity contribution in [1.82, 2.24) is 10.6 Å². The molecule has 1 aliphatic rings. The molecular weight excluding hydrogens is 302 g/mol. The number of hydrogen-bond donors (Lipinski definition) is 3. The van der Waals surface area contributed by atoms with Crippen molar-refractivity contribution in [3.8, 4) is 0 Å². The Bertz CT molecular complexity index is 572. The molecule has 0 saturated carbocycles. The molecule has 1 saturated heterocycles. The topological polar surface area (TPSA) is 61.4 Å². The summed E-state index contributed by atoms with van der Waals surface area (Å²) in [6, 6.07) is 2.85. The van der Waals surface area contributed by atoms with Crippen molar-refractivity contribution in [3.05, 3.63) is 35.4 Å². The van der Waals surface area contributed by atoms with Crippen molar-refractivity contribution in [2.75, 3.05) is 13.1 Å². The molecule has 1 aromatic rings. The highest BCUT2D eigenvalue weighted by atomic mass is 19.1. The lowest BCUT2D eigenvalue weighted by Gasteiger charge is -2.37. The van der Waals surface area contributed by atoms with Gasteiger partial charge in [-0.25, -0.2) is 8.78 Å². The third kappa shape index (κ3) is 4.26. The zero-order chi connectivity index (χ0) is 17.2. The molecule has 1 fully saturated rings. The van der Waals surface area contributed by atoms with Crippen LogP contribution in [0.4, 0.5) is 8.78 Å². The first-order valence-corrected chi connectivity index (χ1v) is 7.85. The van der Waals surface area contributed by atoms with Gasteiger partial charge in [0.05, 0.1) is 6.10 Å². The monoisotopic (exact) mass is 326 g/mol. The SMILES string of the molecule is CC(C)(C)C(=O)NC1CNCCC1C(O)c1ccc(F)cc1F. The molecule has 128 valence electrons. The molecular formula is C17H24F2N2O2. The summed E-state index contributed by atoms with van der Waals surface area (Å²) in [5.74, 6) is -1.90. The highest BCUT2D eigenvalue weighted by Crippen LogP contribution is 2.31. The van der Waals surface area contributed by atoms with Crippen LogP contribution < -0.4 is 10.6 Å². The second-order valence-electron chi connectivity index (χ2n) is 7.10. The van der Waals surface area contributed by atoms with Gasteiger partial charge >= 0.3 is 0 Å². The first-order chi connectivity index (χ1) is 10.7. The van der Waals surface area contributed by atoms with Crippen LogP contribution in [0, 0.1) is 23.0 Å². The van der Waals surface area contributed by atoms with E-state index in [-0.39, 0.29) is 23.4 Å². The molecule has 0 aromatic heterocycles. The molecule has 2 rings (SSSR count). The number of carbonyl (C=O) groups excluding carboxylic acids is 1. The van der Waals surface area contributed by atoms with E-state index in [0.717, 1.165) is 12.1 Å². The van der Waals surface area contributed by atoms with Crippen LogP contribution in [-0.2, 0) is 4.79 Å². The third-order valence-corrected chi connectivity index (χ3v) is 4.22. The van der Waals surface area contributed by atoms with Gasteiger partial charge in [0.1, 0.15) is 11.6 Å². The van der Waals surface area contributed by atoms with E-state index in [9.17, 15) is 18.7 Å². The van der Waals surface area contributed by atoms with Crippen molar-refractivity contribution in [1.29, 1.82) is 0 Å². The Morgan fingerprint density at radius 2 is 2.09 bits per heavy atom. The van der Waals surface area contributed by atoms with Gasteiger partial charge in [-0.15, -0.1) is 0 Å². The molecule has 4 nitrogen and oxygen atoms in total. The Morgan fingerprint density at radius 3 is 2.70 bits per heavy atom. The normalized spacial score (nSPS) is 23.4. The minimum Gasteiger partial charge on any atom is -0.388 e. The Balaban J connectivity index is 2.18. The molecule has 3 atom stereocenters. The minimum atomic E-state index is -1.09. The first kappa shape index (κ1) is 17.8. The summed E-state index contributed by atoms with van der Waals surface area (Å²) in [6.45, 7) is 6.61. The second-order valence-corrected chi connectivity index (χ2v) is 7.10. The van der Waals surface area contributed by atoms with E-state index in [1.807, 2.05) is 20.8 Å². The van der Waals surface area contributed by atoms with Gasteiger partial charge in [0, 0.05) is 35.5 Å². The van der Waals surface area contributed by atoms with Crippen LogP contribution in [0.2, 0.25) is 0 Å². The number of nitrogens with one attached hydrogen (secondary N) is 2. The standard InChI is InChI=1S/C17H24F2N2O2/c1-17(2,3)16(23)21-14-9-20-7-6-12(14)15(22)11-5-4-10(18)8-13(11)19/h4-5,8,12,14-15,20,22H,6-7,9H2,1-3H3,(H,21,23). The molecule has 6 heteroatoms. The number of carbonyl (C=O) groups is 1. The molecule has 1 aliphatic heterocycles. The van der Waals surface area contributed by atoms with Crippen molar-refractivity contribution in [2.24, 2.45) is 11.3 Å². The lowest BCUT2D eigenvalue weighted by Crippen LogP contribution is -2.54. The summed E-state index contributed by atoms with van der Waals surface area (Å²) in [7, 11) is 0. The van der Waals surface area contributed by atoms with Crippen LogP contribution in [0.3, 0.4) is 0 Å². The van der Waals surface area contributed by atoms with E-state index >= 15 is 0 Å². The van der Waals surface area contributed by atoms with Crippen LogP contribution in [0.25, 0.3) is 0 Å². The molecule has 0 aliphatic carbocycles. The highest BCUT2D eigenvalue weighted by molar-refractivity contribution is 5.81. The zero-order valence-corrected chi connectivity index (χ0v) is 13.7. The lowest BCUT2D eigenvalue weighted by atomic mass is 9.83. The fourth-order valence-corrected chi connectivity index (χ4v) is 2.77. The molecule has 0 spiro atoms. The maximum absolute atomic E-state index is 13.9. The summed E-state index contributed by atoms with van der Waals surface area (Å²) < 4.78 is 27.0. The molecule has 3 N–H and O–H groups in total. The number of halogens is 2. The first-order valence-electron chi connectivity index (χ1n) is 7.85. The molecule has 3 unspecified atom stereocenters. The number of aliphatic hydroxyl groups is 1. The quantitative estimate of drug-likeness (QED) is 0.797. The van der Waals surface area contributed by atoms with E-state index in [2.05, 4.69) is 10.6 Å². The Morgan fingerprint density at radius 1 is 1.39 bits per heavy atom. The lowest BCUT2D eigenvalue weighted by molar-refractivity contribution is -0.130. The molecule has 1 amide bonds. The van der Waals surface area contributed by atoms with Gasteiger partial charge < -0.3 is 15.7 Å². The van der Waals surface area contributed by atoms with Crippen molar-refractivity contribution >= 4 is 5.91 Å². The van der Waals surface area contributed by atoms with E-state index in [1.54, 1.807) is 0 Å². The van der Waals surface area contributed by atoms with Crippen LogP contribution in [0.5, 0.6) is 0 Å². The average Bonchev–Trinajstić information content (AvgIpc) is 2.46. The smallest absolute Gasteiger partial charge is 0.225 e. The van der Waals surface area contributed by atoms with E-state index in [4.69, 9.17) is 0 Å². The Hall–Kier alpha value is -1.53. The second kappa shape index (κ2) is 6.93. The van der Waals surface area contributed by atoms with Gasteiger partial charge in [-0.1, -0.05) is 26.8 Å². The molecule has 0 bridgehead atoms. The van der Waals surface area contributed by atoms with Crippen LogP contribution in [0.1, 0.15) is 38.9 Å². The maximum atomic E-state index is 13.9. The van der Waals surface area contributed by atoms with Gasteiger partial charge in [0.25, 0.3) is 0 Å². The molecule has 1 aromatic carbocycles. The third-order valence-electron chi connectivity index (χ3n) is 4.22. The number of aliphatic hydroxyl groups excluding tert-OH is 1. The van der Waals surface area contributed by atoms with Gasteiger partial charge in [-0.2, -0.15) is 0 Å². The number of piperidine rings is 1. The van der Waals surface area contributed by atoms with Gasteiger partial charge in [-0.3, -0.25) is 4.79 Å². The predicted molar refractivity (Wildman–Crippen MR) is 83.7 cm³/mol. The molecule has 1 heterocycles. The number of rotatable bonds is 3. The summed E-state index contributed by atoms with van der Waals surface area (Å²) in [5, 5.41) is 16.7. The molecule has 0 radical (unpaired) electrons. The predicted octanol–water partition coefficient (Wildman–Crippen LogP) is 2.14. The van der Waals surface area contributed by atoms with Crippen LogP contribution in [0.15, 0.2) is 18.2 Å². The number of benzene rings is 1. The van der Waals surface area contributed by atoms with E-state index < -0.39 is 23.2 Å². The van der Waals surface area contributed by atoms with Crippen molar-refractivity contribution in [2.45, 2.75) is 39.3 Å². The van der Waals surface area contributed by atoms with Gasteiger partial charge in [0.2, 0.25) is 5.91 Å². The van der Waals surface area contributed by atoms with Gasteiger partial charge in [-0.05, 0) is 19.0 Å². The van der Waals surface area contributed by atoms with Crippen LogP contribution >= 0.6 is 0 Å². The highest BCUT2D eigenvalue weighted by Gasteiger charge is 2.35. The Kier molecular flexibility index (Phi) is 5.37. The van der Waals surface area contributed by atoms with Crippen LogP contribution in [-0.4, -0.2) is 30.1 Å². The van der Waals surface area contributed by atoms with E-state index in [1.165, 1.54) is 6.07 Å². The maximum Gasteiger partial charge on any atom is 0.225 e. The zero-order valence-electron chi connectivity index (χ0n) is 13.7. The van der Waals surface area contributed by atoms with Crippen molar-refractivity contribution in [3.63, 3.8) is 0 Å². The van der Waals surface area contributed by atoms with E-state index in [0.29, 0.717) is 19.5 Å². The number of hydrogen-bond acceptors (Lipinski definition) is 3. The fourth-order valence-electron chi connectivity index (χ4n) is 2.77. The Labute approximate surface area is 135 Å². The summed E-state index contributed by atoms with van der Waals surface area (Å²) in [4.78, 5) is 12.2. The summed E-state index contributed by atoms with van der Waals surface area (Å²) in [5.41, 5.74) is -0.484. The average molecular weight is 326 g/mol.